The first-order valence-corrected chi connectivity index (χ1v) is 13.6. The zero-order valence-electron chi connectivity index (χ0n) is 13.1. The van der Waals surface area contributed by atoms with Crippen molar-refractivity contribution in [1.82, 2.24) is 0 Å². The summed E-state index contributed by atoms with van der Waals surface area (Å²) in [7, 11) is 0. The molecule has 0 spiro atoms. The molecule has 19 heavy (non-hydrogen) atoms. The van der Waals surface area contributed by atoms with Crippen molar-refractivity contribution >= 4 is 32.3 Å². The van der Waals surface area contributed by atoms with Crippen LogP contribution in [0, 0.1) is 0 Å². The fourth-order valence-corrected chi connectivity index (χ4v) is 9.02. The molecule has 0 aromatic carbocycles. The summed E-state index contributed by atoms with van der Waals surface area (Å²) in [5.74, 6) is 0. The molecule has 0 aromatic rings. The number of hydrogen-bond acceptors (Lipinski definition) is 1. The van der Waals surface area contributed by atoms with Crippen LogP contribution in [-0.2, 0) is 0 Å². The maximum absolute atomic E-state index is 4.24. The Labute approximate surface area is 127 Å². The Morgan fingerprint density at radius 2 is 1.53 bits per heavy atom. The molecule has 0 amide bonds. The van der Waals surface area contributed by atoms with Crippen LogP contribution in [0.25, 0.3) is 0 Å². The van der Waals surface area contributed by atoms with E-state index in [1.807, 2.05) is 6.21 Å². The van der Waals surface area contributed by atoms with Crippen LogP contribution in [0.1, 0.15) is 59.3 Å². The zero-order valence-corrected chi connectivity index (χ0v) is 15.9. The van der Waals surface area contributed by atoms with Crippen LogP contribution in [0.2, 0.25) is 8.87 Å². The van der Waals surface area contributed by atoms with E-state index in [1.165, 1.54) is 41.0 Å². The van der Waals surface area contributed by atoms with E-state index in [2.05, 4.69) is 40.9 Å². The van der Waals surface area contributed by atoms with Gasteiger partial charge in [-0.1, -0.05) is 0 Å². The van der Waals surface area contributed by atoms with Gasteiger partial charge in [0.2, 0.25) is 0 Å². The van der Waals surface area contributed by atoms with Gasteiger partial charge in [0.1, 0.15) is 0 Å². The minimum atomic E-state index is -1.23. The topological polar surface area (TPSA) is 24.7 Å². The summed E-state index contributed by atoms with van der Waals surface area (Å²) in [5.41, 5.74) is 0. The first kappa shape index (κ1) is 18.9. The van der Waals surface area contributed by atoms with E-state index in [0.29, 0.717) is 0 Å². The van der Waals surface area contributed by atoms with E-state index in [0.717, 1.165) is 13.0 Å². The second-order valence-electron chi connectivity index (χ2n) is 4.90. The molecule has 0 rings (SSSR count). The molecule has 0 atom stereocenters. The van der Waals surface area contributed by atoms with Crippen molar-refractivity contribution < 1.29 is 0 Å². The number of hydrogen-bond donors (Lipinski definition) is 0. The molecule has 0 bridgehead atoms. The normalized spacial score (nSPS) is 12.6. The van der Waals surface area contributed by atoms with E-state index < -0.39 is 19.8 Å². The van der Waals surface area contributed by atoms with Gasteiger partial charge in [-0.25, -0.2) is 0 Å². The monoisotopic (exact) mass is 371 g/mol. The van der Waals surface area contributed by atoms with Gasteiger partial charge in [-0.15, -0.1) is 0 Å². The van der Waals surface area contributed by atoms with Crippen molar-refractivity contribution in [1.29, 1.82) is 0 Å². The zero-order chi connectivity index (χ0) is 14.2. The molecule has 0 aliphatic rings. The molecule has 0 heterocycles. The summed E-state index contributed by atoms with van der Waals surface area (Å²) < 4.78 is 5.53. The standard InChI is InChI=1S/C8H13N2.2C4H9.Sn/c1-3-5-7-10-8-9-6-4-2;2*1-3-4-2;/h2,4,6,8H,3,5,7H2,1H3;2*1,3-4H2,2H3;. The van der Waals surface area contributed by atoms with Crippen LogP contribution in [-0.4, -0.2) is 38.9 Å². The van der Waals surface area contributed by atoms with Gasteiger partial charge in [0.05, 0.1) is 0 Å². The van der Waals surface area contributed by atoms with Crippen molar-refractivity contribution in [3.63, 3.8) is 0 Å². The fourth-order valence-electron chi connectivity index (χ4n) is 1.72. The Morgan fingerprint density at radius 3 is 2.11 bits per heavy atom. The van der Waals surface area contributed by atoms with Crippen molar-refractivity contribution in [2.45, 2.75) is 68.2 Å². The maximum atomic E-state index is 4.24. The predicted octanol–water partition coefficient (Wildman–Crippen LogP) is 5.08. The van der Waals surface area contributed by atoms with Crippen LogP contribution < -0.4 is 0 Å². The van der Waals surface area contributed by atoms with Crippen molar-refractivity contribution in [3.05, 3.63) is 10.2 Å². The molecule has 0 aliphatic carbocycles. The molecule has 109 valence electrons. The van der Waals surface area contributed by atoms with Crippen LogP contribution >= 0.6 is 0 Å². The Kier molecular flexibility index (Phi) is 15.8. The molecule has 2 nitrogen and oxygen atoms in total. The molecule has 0 saturated carbocycles. The summed E-state index contributed by atoms with van der Waals surface area (Å²) in [6.07, 6.45) is 13.6. The van der Waals surface area contributed by atoms with Crippen LogP contribution in [0.15, 0.2) is 20.2 Å². The Morgan fingerprint density at radius 1 is 0.895 bits per heavy atom. The second kappa shape index (κ2) is 15.9. The third-order valence-electron chi connectivity index (χ3n) is 3.00. The Bertz CT molecular complexity index is 251. The third kappa shape index (κ3) is 14.1. The first-order valence-electron chi connectivity index (χ1n) is 7.87. The molecule has 0 saturated heterocycles. The van der Waals surface area contributed by atoms with Gasteiger partial charge in [0.25, 0.3) is 0 Å². The fraction of sp³-hybridized carbons (Fsp3) is 0.750. The molecule has 0 unspecified atom stereocenters. The van der Waals surface area contributed by atoms with Gasteiger partial charge >= 0.3 is 127 Å². The summed E-state index contributed by atoms with van der Waals surface area (Å²) >= 11 is -1.23. The average molecular weight is 370 g/mol. The summed E-state index contributed by atoms with van der Waals surface area (Å²) in [6, 6.07) is 0. The average Bonchev–Trinajstić information content (AvgIpc) is 2.43. The van der Waals surface area contributed by atoms with Crippen LogP contribution in [0.3, 0.4) is 0 Å². The van der Waals surface area contributed by atoms with Gasteiger partial charge in [-0.05, 0) is 0 Å². The van der Waals surface area contributed by atoms with Crippen molar-refractivity contribution in [2.75, 3.05) is 6.54 Å². The number of unbranched alkanes of at least 4 members (excludes halogenated alkanes) is 3. The number of aliphatic imine (C=N–C) groups is 2. The minimum absolute atomic E-state index is 0.908. The van der Waals surface area contributed by atoms with E-state index in [4.69, 9.17) is 0 Å². The third-order valence-corrected chi connectivity index (χ3v) is 10.6. The quantitative estimate of drug-likeness (QED) is 0.198. The molecule has 1 radical (unpaired) electrons. The summed E-state index contributed by atoms with van der Waals surface area (Å²) in [5, 5.41) is 0. The number of nitrogens with zero attached hydrogens (tertiary/aromatic N) is 2. The molecule has 0 aromatic heterocycles. The molecular weight excluding hydrogens is 339 g/mol. The van der Waals surface area contributed by atoms with Crippen LogP contribution in [0.5, 0.6) is 0 Å². The molecule has 0 aliphatic heterocycles. The van der Waals surface area contributed by atoms with Crippen molar-refractivity contribution in [2.24, 2.45) is 9.98 Å². The van der Waals surface area contributed by atoms with Crippen LogP contribution in [0.4, 0.5) is 0 Å². The van der Waals surface area contributed by atoms with Gasteiger partial charge in [-0.3, -0.25) is 0 Å². The number of allylic oxidation sites excluding steroid dienone is 1. The van der Waals surface area contributed by atoms with E-state index in [-0.39, 0.29) is 0 Å². The Balaban J connectivity index is 3.92. The number of rotatable bonds is 12. The predicted molar refractivity (Wildman–Crippen MR) is 91.1 cm³/mol. The Hall–Kier alpha value is -0.121. The van der Waals surface area contributed by atoms with Gasteiger partial charge in [0.15, 0.2) is 0 Å². The summed E-state index contributed by atoms with van der Waals surface area (Å²) in [4.78, 5) is 8.44. The van der Waals surface area contributed by atoms with Crippen molar-refractivity contribution in [3.8, 4) is 0 Å². The molecule has 0 N–H and O–H groups in total. The molecule has 3 heteroatoms. The van der Waals surface area contributed by atoms with Gasteiger partial charge < -0.3 is 0 Å². The van der Waals surface area contributed by atoms with E-state index in [9.17, 15) is 0 Å². The van der Waals surface area contributed by atoms with Gasteiger partial charge in [0, 0.05) is 0 Å². The van der Waals surface area contributed by atoms with E-state index >= 15 is 0 Å². The summed E-state index contributed by atoms with van der Waals surface area (Å²) in [6.45, 7) is 7.67. The molecule has 0 fully saturated rings. The van der Waals surface area contributed by atoms with E-state index in [1.54, 1.807) is 6.34 Å². The van der Waals surface area contributed by atoms with Gasteiger partial charge in [-0.2, -0.15) is 0 Å². The second-order valence-corrected chi connectivity index (χ2v) is 12.5. The SMILES string of the molecule is CCCCN=CN=C/C=[CH]/[Sn]([CH2]CCC)[CH2]CCC. The first-order chi connectivity index (χ1) is 9.35. The molecular formula is C16H31N2Sn.